The van der Waals surface area contributed by atoms with E-state index in [1.165, 1.54) is 178 Å². The number of hydrogen-bond acceptors (Lipinski definition) is 9. The molecule has 18 rings (SSSR count). The second-order valence-corrected chi connectivity index (χ2v) is 35.4. The fourth-order valence-corrected chi connectivity index (χ4v) is 21.4. The van der Waals surface area contributed by atoms with Crippen molar-refractivity contribution in [2.75, 3.05) is 0 Å². The lowest BCUT2D eigenvalue weighted by Crippen LogP contribution is -2.02. The lowest BCUT2D eigenvalue weighted by Gasteiger charge is -2.28. The molecule has 0 radical (unpaired) electrons. The van der Waals surface area contributed by atoms with Crippen molar-refractivity contribution in [3.05, 3.63) is 358 Å². The Hall–Kier alpha value is -9.72. The van der Waals surface area contributed by atoms with Gasteiger partial charge in [0, 0.05) is 78.0 Å². The van der Waals surface area contributed by atoms with Crippen molar-refractivity contribution in [3.8, 4) is 159 Å². The van der Waals surface area contributed by atoms with Crippen molar-refractivity contribution >= 4 is 102 Å². The monoisotopic (exact) mass is 1540 g/mol. The molecule has 9 heterocycles. The quantitative estimate of drug-likeness (QED) is 0.0960. The summed E-state index contributed by atoms with van der Waals surface area (Å²) >= 11 is 16.7. The minimum Gasteiger partial charge on any atom is -0.144 e. The molecular formula is C98H80S9. The average molecular weight is 1550 g/mol. The highest BCUT2D eigenvalue weighted by Gasteiger charge is 2.29. The van der Waals surface area contributed by atoms with E-state index in [1.807, 2.05) is 107 Å². The lowest BCUT2D eigenvalue weighted by atomic mass is 9.74. The summed E-state index contributed by atoms with van der Waals surface area (Å²) in [6.07, 6.45) is 0. The Balaban J connectivity index is 0.000000136. The molecule has 0 saturated carbocycles. The summed E-state index contributed by atoms with van der Waals surface area (Å²) < 4.78 is 0. The Bertz CT molecular complexity index is 5260. The topological polar surface area (TPSA) is 0 Å². The van der Waals surface area contributed by atoms with Crippen LogP contribution in [-0.2, 0) is 0 Å². The Morgan fingerprint density at radius 2 is 0.336 bits per heavy atom. The second kappa shape index (κ2) is 35.3. The summed E-state index contributed by atoms with van der Waals surface area (Å²) in [7, 11) is 0. The van der Waals surface area contributed by atoms with Gasteiger partial charge in [-0.2, -0.15) is 0 Å². The van der Waals surface area contributed by atoms with Gasteiger partial charge in [-0.05, 0) is 272 Å². The van der Waals surface area contributed by atoms with Crippen LogP contribution < -0.4 is 0 Å². The van der Waals surface area contributed by atoms with E-state index in [2.05, 4.69) is 366 Å². The number of benzene rings is 9. The van der Waals surface area contributed by atoms with Gasteiger partial charge in [0.2, 0.25) is 0 Å². The van der Waals surface area contributed by atoms with E-state index in [9.17, 15) is 0 Å². The zero-order valence-corrected chi connectivity index (χ0v) is 68.4. The average Bonchev–Trinajstić information content (AvgIpc) is 1.13. The van der Waals surface area contributed by atoms with Crippen molar-refractivity contribution in [2.24, 2.45) is 0 Å². The van der Waals surface area contributed by atoms with Crippen LogP contribution in [-0.4, -0.2) is 0 Å². The summed E-state index contributed by atoms with van der Waals surface area (Å²) in [5, 5.41) is 4.30. The molecule has 0 atom stereocenters. The van der Waals surface area contributed by atoms with Gasteiger partial charge in [-0.1, -0.05) is 222 Å². The van der Waals surface area contributed by atoms with Gasteiger partial charge in [-0.3, -0.25) is 0 Å². The van der Waals surface area contributed by atoms with Crippen LogP contribution in [0.15, 0.2) is 338 Å². The van der Waals surface area contributed by atoms with Gasteiger partial charge < -0.3 is 0 Å². The van der Waals surface area contributed by atoms with Crippen LogP contribution in [0.3, 0.4) is 0 Å². The normalized spacial score (nSPS) is 10.8. The van der Waals surface area contributed by atoms with Crippen LogP contribution >= 0.6 is 102 Å². The molecule has 9 aromatic carbocycles. The third-order valence-electron chi connectivity index (χ3n) is 18.0. The maximum Gasteiger partial charge on any atom is 0.0449 e. The first-order valence-electron chi connectivity index (χ1n) is 36.2. The highest BCUT2D eigenvalue weighted by atomic mass is 32.1. The molecule has 18 aromatic rings. The number of thiophene rings is 9. The third kappa shape index (κ3) is 17.2. The summed E-state index contributed by atoms with van der Waals surface area (Å²) in [6, 6.07) is 120. The molecule has 0 unspecified atom stereocenters. The molecule has 0 fully saturated rings. The molecule has 9 heteroatoms. The van der Waals surface area contributed by atoms with Crippen molar-refractivity contribution in [1.29, 1.82) is 0 Å². The highest BCUT2D eigenvalue weighted by Crippen LogP contribution is 2.56. The summed E-state index contributed by atoms with van der Waals surface area (Å²) in [5.74, 6) is 0. The Morgan fingerprint density at radius 1 is 0.150 bits per heavy atom. The molecule has 526 valence electrons. The van der Waals surface area contributed by atoms with Crippen LogP contribution in [0, 0.1) is 27.7 Å². The maximum atomic E-state index is 2.38. The largest absolute Gasteiger partial charge is 0.144 e. The van der Waals surface area contributed by atoms with E-state index in [1.54, 1.807) is 22.7 Å². The zero-order chi connectivity index (χ0) is 73.6. The number of rotatable bonds is 15. The predicted octanol–water partition coefficient (Wildman–Crippen LogP) is 33.9. The highest BCUT2D eigenvalue weighted by molar-refractivity contribution is 7.25. The first-order chi connectivity index (χ1) is 52.7. The van der Waals surface area contributed by atoms with Gasteiger partial charge in [-0.15, -0.1) is 102 Å². The van der Waals surface area contributed by atoms with E-state index in [-0.39, 0.29) is 0 Å². The second-order valence-electron chi connectivity index (χ2n) is 25.1. The van der Waals surface area contributed by atoms with E-state index >= 15 is 0 Å². The SMILES string of the molecule is CC.CC.Cc1ccc(-c2cc(-c3cccs3)cc(-c3ccc(C)s3)c2)s1.Cc1ccc(-c2ccc(-c3cc(-c4ccc(-c5cccs5)s4)cc(-c4ccc(-c5ccc(C)s5)s4)c3)s2)s1.c1ccc(-c2c(-c3ccccc3)c(-c3ccccc3)c(-c3ccccc3)c(-c3ccccc3)c2-c2ccccc2)cc1. The molecule has 0 aliphatic carbocycles. The first-order valence-corrected chi connectivity index (χ1v) is 43.7. The van der Waals surface area contributed by atoms with E-state index in [0.717, 1.165) is 0 Å². The molecule has 107 heavy (non-hydrogen) atoms. The van der Waals surface area contributed by atoms with Crippen molar-refractivity contribution < 1.29 is 0 Å². The van der Waals surface area contributed by atoms with Gasteiger partial charge in [0.25, 0.3) is 0 Å². The van der Waals surface area contributed by atoms with E-state index < -0.39 is 0 Å². The van der Waals surface area contributed by atoms with Gasteiger partial charge in [0.1, 0.15) is 0 Å². The van der Waals surface area contributed by atoms with Crippen LogP contribution in [0.25, 0.3) is 159 Å². The molecule has 0 aliphatic heterocycles. The molecule has 0 saturated heterocycles. The molecule has 0 spiro atoms. The van der Waals surface area contributed by atoms with Gasteiger partial charge in [0.05, 0.1) is 0 Å². The smallest absolute Gasteiger partial charge is 0.0449 e. The van der Waals surface area contributed by atoms with Gasteiger partial charge >= 0.3 is 0 Å². The predicted molar refractivity (Wildman–Crippen MR) is 483 cm³/mol. The van der Waals surface area contributed by atoms with Crippen molar-refractivity contribution in [1.82, 2.24) is 0 Å². The Morgan fingerprint density at radius 3 is 0.561 bits per heavy atom. The van der Waals surface area contributed by atoms with Crippen LogP contribution in [0.5, 0.6) is 0 Å². The standard InChI is InChI=1S/C42H30.C32H22S6.C20H16S3.2C2H6/c1-7-19-31(20-8-1)37-38(32-21-9-2-10-22-32)40(34-25-13-4-14-26-34)42(36-29-17-6-18-30-36)41(35-27-15-5-16-28-35)39(37)33-23-11-3-12-24-33;1-19-5-7-29(34-19)31-13-10-25(37-31)22-16-21(24-9-12-28(36-24)27-4-3-15-33-27)17-23(18-22)26-11-14-32(38-26)30-8-6-20(2)35-30;1-13-5-7-19(22-13)16-10-15(18-4-3-9-21-18)11-17(12-16)20-8-6-14(2)23-20;2*1-2/h1-30H;3-18H,1-2H3;3-12H,1-2H3;2*1-2H3. The van der Waals surface area contributed by atoms with E-state index in [4.69, 9.17) is 0 Å². The lowest BCUT2D eigenvalue weighted by molar-refractivity contribution is 1.50. The fraction of sp³-hybridized carbons (Fsp3) is 0.0816. The van der Waals surface area contributed by atoms with Gasteiger partial charge in [-0.25, -0.2) is 0 Å². The number of hydrogen-bond donors (Lipinski definition) is 0. The van der Waals surface area contributed by atoms with Crippen LogP contribution in [0.2, 0.25) is 0 Å². The molecule has 0 amide bonds. The van der Waals surface area contributed by atoms with E-state index in [0.29, 0.717) is 0 Å². The van der Waals surface area contributed by atoms with Crippen molar-refractivity contribution in [2.45, 2.75) is 55.4 Å². The molecule has 9 aromatic heterocycles. The van der Waals surface area contributed by atoms with Crippen molar-refractivity contribution in [3.63, 3.8) is 0 Å². The minimum atomic E-state index is 1.20. The first kappa shape index (κ1) is 74.1. The van der Waals surface area contributed by atoms with Crippen LogP contribution in [0.4, 0.5) is 0 Å². The molecular weight excluding hydrogens is 1470 g/mol. The molecule has 0 bridgehead atoms. The Kier molecular flexibility index (Phi) is 24.5. The molecule has 0 nitrogen and oxygen atoms in total. The number of aryl methyl sites for hydroxylation is 4. The summed E-state index contributed by atoms with van der Waals surface area (Å²) in [4.78, 5) is 21.4. The van der Waals surface area contributed by atoms with Crippen LogP contribution in [0.1, 0.15) is 47.2 Å². The molecule has 0 N–H and O–H groups in total. The third-order valence-corrected chi connectivity index (χ3v) is 27.9. The fourth-order valence-electron chi connectivity index (χ4n) is 13.3. The van der Waals surface area contributed by atoms with Gasteiger partial charge in [0.15, 0.2) is 0 Å². The summed E-state index contributed by atoms with van der Waals surface area (Å²) in [5.41, 5.74) is 22.4. The Labute approximate surface area is 667 Å². The zero-order valence-electron chi connectivity index (χ0n) is 61.0. The summed E-state index contributed by atoms with van der Waals surface area (Å²) in [6.45, 7) is 16.7. The molecule has 0 aliphatic rings. The maximum absolute atomic E-state index is 2.38. The minimum absolute atomic E-state index is 1.20.